The van der Waals surface area contributed by atoms with Gasteiger partial charge in [0, 0.05) is 43.3 Å². The van der Waals surface area contributed by atoms with Crippen LogP contribution in [-0.4, -0.2) is 151 Å². The van der Waals surface area contributed by atoms with Crippen molar-refractivity contribution in [3.8, 4) is 0 Å². The van der Waals surface area contributed by atoms with E-state index in [2.05, 4.69) is 56.5 Å². The highest BCUT2D eigenvalue weighted by atomic mass is 35.5. The van der Waals surface area contributed by atoms with Crippen LogP contribution < -0.4 is 26.6 Å². The van der Waals surface area contributed by atoms with Crippen molar-refractivity contribution in [3.05, 3.63) is 23.2 Å². The third-order valence-corrected chi connectivity index (χ3v) is 12.5. The number of anilines is 2. The van der Waals surface area contributed by atoms with Gasteiger partial charge in [-0.25, -0.2) is 14.8 Å². The molecule has 4 amide bonds. The van der Waals surface area contributed by atoms with Crippen LogP contribution in [0.1, 0.15) is 76.3 Å². The first-order valence-electron chi connectivity index (χ1n) is 20.0. The lowest BCUT2D eigenvalue weighted by Crippen LogP contribution is -2.50. The maximum absolute atomic E-state index is 13.4. The summed E-state index contributed by atoms with van der Waals surface area (Å²) in [6, 6.07) is -1.39. The van der Waals surface area contributed by atoms with Crippen LogP contribution in [0.5, 0.6) is 0 Å². The van der Waals surface area contributed by atoms with Gasteiger partial charge in [0.15, 0.2) is 34.0 Å². The van der Waals surface area contributed by atoms with E-state index in [4.69, 9.17) is 33.4 Å². The molecule has 4 aliphatic rings. The van der Waals surface area contributed by atoms with E-state index in [1.54, 1.807) is 10.9 Å². The average molecular weight is 860 g/mol. The van der Waals surface area contributed by atoms with Crippen LogP contribution in [-0.2, 0) is 9.59 Å². The Morgan fingerprint density at radius 3 is 1.81 bits per heavy atom. The molecule has 0 bridgehead atoms. The van der Waals surface area contributed by atoms with Crippen molar-refractivity contribution in [2.45, 2.75) is 119 Å². The third-order valence-electron chi connectivity index (χ3n) is 12.1. The molecular formula is C36H48Cl2N14O7. The monoisotopic (exact) mass is 858 g/mol. The summed E-state index contributed by atoms with van der Waals surface area (Å²) >= 11 is 12.7. The summed E-state index contributed by atoms with van der Waals surface area (Å²) in [5.41, 5.74) is 2.03. The number of urea groups is 1. The van der Waals surface area contributed by atoms with Gasteiger partial charge in [0.2, 0.25) is 22.4 Å². The molecule has 21 nitrogen and oxygen atoms in total. The van der Waals surface area contributed by atoms with Gasteiger partial charge < -0.3 is 61.0 Å². The lowest BCUT2D eigenvalue weighted by Gasteiger charge is -2.35. The minimum absolute atomic E-state index is 0.0264. The zero-order chi connectivity index (χ0) is 41.4. The Morgan fingerprint density at radius 2 is 1.19 bits per heavy atom. The summed E-state index contributed by atoms with van der Waals surface area (Å²) in [4.78, 5) is 65.4. The Hall–Kier alpha value is -4.67. The van der Waals surface area contributed by atoms with E-state index in [0.29, 0.717) is 66.3 Å². The lowest BCUT2D eigenvalue weighted by atomic mass is 9.91. The normalized spacial score (nSPS) is 27.6. The number of hydrogen-bond acceptors (Lipinski definition) is 15. The number of aliphatic hydroxyl groups is 4. The van der Waals surface area contributed by atoms with E-state index in [9.17, 15) is 24.6 Å². The fourth-order valence-electron chi connectivity index (χ4n) is 9.05. The molecule has 8 rings (SSSR count). The van der Waals surface area contributed by atoms with Crippen molar-refractivity contribution in [2.75, 3.05) is 36.9 Å². The molecule has 3 aliphatic carbocycles. The number of halogens is 2. The van der Waals surface area contributed by atoms with Crippen LogP contribution in [0.25, 0.3) is 22.3 Å². The van der Waals surface area contributed by atoms with E-state index in [1.165, 1.54) is 6.33 Å². The molecule has 4 aromatic rings. The van der Waals surface area contributed by atoms with E-state index in [1.807, 2.05) is 9.47 Å². The zero-order valence-corrected chi connectivity index (χ0v) is 33.6. The van der Waals surface area contributed by atoms with Gasteiger partial charge in [-0.05, 0) is 87.4 Å². The van der Waals surface area contributed by atoms with Crippen molar-refractivity contribution >= 4 is 75.0 Å². The second-order valence-corrected chi connectivity index (χ2v) is 16.6. The first-order chi connectivity index (χ1) is 28.5. The first kappa shape index (κ1) is 41.1. The molecule has 1 aliphatic heterocycles. The first-order valence-corrected chi connectivity index (χ1v) is 20.8. The molecule has 0 radical (unpaired) electrons. The number of amides is 4. The molecule has 23 heteroatoms. The molecule has 4 aromatic heterocycles. The van der Waals surface area contributed by atoms with Gasteiger partial charge in [0.05, 0.1) is 24.7 Å². The summed E-state index contributed by atoms with van der Waals surface area (Å²) in [6.45, 7) is -0.215. The SMILES string of the molecule is O=C(CO)N[C@@H]1CC[C@H](n2cnc3c(NC4CCC(NC(=O)N5CCC(Nc6nc(Cl)nc7c6ncn7[C@@H]6C[C@H](NC(=O)CO)[C@@H](O)[C@H]6O)CC5)CC4)nc(Cl)nc32)C1. The summed E-state index contributed by atoms with van der Waals surface area (Å²) in [5.74, 6) is -0.0607. The highest BCUT2D eigenvalue weighted by Crippen LogP contribution is 2.36. The number of rotatable bonds is 11. The van der Waals surface area contributed by atoms with Crippen LogP contribution in [0.4, 0.5) is 16.4 Å². The number of carbonyl (C=O) groups is 3. The number of nitrogens with one attached hydrogen (secondary N) is 5. The number of nitrogens with zero attached hydrogens (tertiary/aromatic N) is 9. The molecule has 9 N–H and O–H groups in total. The Bertz CT molecular complexity index is 2180. The number of imidazole rings is 2. The van der Waals surface area contributed by atoms with Crippen LogP contribution >= 0.6 is 23.2 Å². The number of likely N-dealkylation sites (tertiary alicyclic amines) is 1. The number of aliphatic hydroxyl groups excluding tert-OH is 4. The second kappa shape index (κ2) is 17.5. The number of fused-ring (bicyclic) bond motifs is 2. The van der Waals surface area contributed by atoms with Crippen LogP contribution in [0.15, 0.2) is 12.7 Å². The number of carbonyl (C=O) groups excluding carboxylic acids is 3. The van der Waals surface area contributed by atoms with Crippen molar-refractivity contribution in [1.29, 1.82) is 0 Å². The maximum atomic E-state index is 13.4. The van der Waals surface area contributed by atoms with Crippen molar-refractivity contribution in [1.82, 2.24) is 59.9 Å². The highest BCUT2D eigenvalue weighted by Gasteiger charge is 2.44. The highest BCUT2D eigenvalue weighted by molar-refractivity contribution is 6.29. The Kier molecular flexibility index (Phi) is 12.2. The molecule has 0 spiro atoms. The van der Waals surface area contributed by atoms with Gasteiger partial charge in [0.1, 0.15) is 25.4 Å². The Balaban J connectivity index is 0.815. The predicted octanol–water partition coefficient (Wildman–Crippen LogP) is 0.628. The molecule has 6 atom stereocenters. The van der Waals surface area contributed by atoms with Gasteiger partial charge in [-0.1, -0.05) is 0 Å². The standard InChI is InChI=1S/C36H48Cl2N14O7/c37-34-46-30(26-32(48-34)51(15-39-26)21-6-5-20(11-21)41-24(55)13-53)42-17-1-3-18(4-2-17)44-36(59)50-9-7-19(8-10-50)43-31-27-33(49-35(38)47-31)52(16-40-27)23-12-22(28(57)29(23)58)45-25(56)14-54/h15-23,28-29,53-54,57-58H,1-14H2,(H,41,55)(H,44,59)(H,45,56)(H,42,46,48)(H,43,47,49)/t17?,18?,20-,21+,22+,23-,28-,29+/m1/s1. The maximum Gasteiger partial charge on any atom is 0.317 e. The zero-order valence-electron chi connectivity index (χ0n) is 32.0. The molecular weight excluding hydrogens is 811 g/mol. The van der Waals surface area contributed by atoms with Gasteiger partial charge in [-0.15, -0.1) is 0 Å². The molecule has 4 fully saturated rings. The minimum Gasteiger partial charge on any atom is -0.388 e. The molecule has 3 saturated carbocycles. The van der Waals surface area contributed by atoms with E-state index < -0.39 is 43.4 Å². The molecule has 0 unspecified atom stereocenters. The number of aromatic nitrogens is 8. The topological polar surface area (TPSA) is 283 Å². The largest absolute Gasteiger partial charge is 0.388 e. The summed E-state index contributed by atoms with van der Waals surface area (Å²) in [7, 11) is 0. The second-order valence-electron chi connectivity index (χ2n) is 15.9. The van der Waals surface area contributed by atoms with Gasteiger partial charge in [0.25, 0.3) is 0 Å². The van der Waals surface area contributed by atoms with E-state index >= 15 is 0 Å². The van der Waals surface area contributed by atoms with Gasteiger partial charge in [-0.2, -0.15) is 19.9 Å². The molecule has 318 valence electrons. The Labute approximate surface area is 347 Å². The van der Waals surface area contributed by atoms with Crippen molar-refractivity contribution < 1.29 is 34.8 Å². The van der Waals surface area contributed by atoms with Crippen molar-refractivity contribution in [3.63, 3.8) is 0 Å². The van der Waals surface area contributed by atoms with Crippen LogP contribution in [0.3, 0.4) is 0 Å². The Morgan fingerprint density at radius 1 is 0.644 bits per heavy atom. The van der Waals surface area contributed by atoms with Crippen LogP contribution in [0, 0.1) is 0 Å². The summed E-state index contributed by atoms with van der Waals surface area (Å²) < 4.78 is 3.60. The molecule has 1 saturated heterocycles. The summed E-state index contributed by atoms with van der Waals surface area (Å²) in [6.07, 6.45) is 7.72. The number of piperidine rings is 1. The van der Waals surface area contributed by atoms with Gasteiger partial charge >= 0.3 is 6.03 Å². The van der Waals surface area contributed by atoms with E-state index in [0.717, 1.165) is 38.5 Å². The molecule has 5 heterocycles. The van der Waals surface area contributed by atoms with E-state index in [-0.39, 0.29) is 59.1 Å². The molecule has 0 aromatic carbocycles. The number of hydrogen-bond donors (Lipinski definition) is 9. The van der Waals surface area contributed by atoms with Crippen molar-refractivity contribution in [2.24, 2.45) is 0 Å². The minimum atomic E-state index is -1.26. The smallest absolute Gasteiger partial charge is 0.317 e. The average Bonchev–Trinajstić information content (AvgIpc) is 4.02. The quantitative estimate of drug-likeness (QED) is 0.0936. The van der Waals surface area contributed by atoms with Gasteiger partial charge in [-0.3, -0.25) is 9.59 Å². The fourth-order valence-corrected chi connectivity index (χ4v) is 9.38. The fraction of sp³-hybridized carbons (Fsp3) is 0.639. The third kappa shape index (κ3) is 8.80. The summed E-state index contributed by atoms with van der Waals surface area (Å²) in [5, 5.41) is 55.2. The van der Waals surface area contributed by atoms with Crippen LogP contribution in [0.2, 0.25) is 10.6 Å². The molecule has 59 heavy (non-hydrogen) atoms. The lowest BCUT2D eigenvalue weighted by molar-refractivity contribution is -0.125. The predicted molar refractivity (Wildman–Crippen MR) is 214 cm³/mol.